The SMILES string of the molecule is Cc1ccc2nc(NC(=O)C3(N)CCCC3)sc2c1.Cl. The first-order valence-corrected chi connectivity index (χ1v) is 7.36. The van der Waals surface area contributed by atoms with Crippen LogP contribution in [0.4, 0.5) is 5.13 Å². The first-order chi connectivity index (χ1) is 9.07. The summed E-state index contributed by atoms with van der Waals surface area (Å²) in [4.78, 5) is 16.6. The van der Waals surface area contributed by atoms with Gasteiger partial charge in [0.15, 0.2) is 5.13 Å². The molecule has 1 aromatic carbocycles. The van der Waals surface area contributed by atoms with Crippen molar-refractivity contribution in [1.29, 1.82) is 0 Å². The number of rotatable bonds is 2. The maximum Gasteiger partial charge on any atom is 0.246 e. The van der Waals surface area contributed by atoms with Crippen molar-refractivity contribution in [2.45, 2.75) is 38.1 Å². The molecule has 0 aliphatic heterocycles. The molecule has 1 saturated carbocycles. The quantitative estimate of drug-likeness (QED) is 0.894. The molecule has 0 unspecified atom stereocenters. The van der Waals surface area contributed by atoms with E-state index < -0.39 is 5.54 Å². The molecule has 1 fully saturated rings. The number of carbonyl (C=O) groups is 1. The van der Waals surface area contributed by atoms with E-state index in [2.05, 4.69) is 16.4 Å². The molecule has 0 radical (unpaired) electrons. The number of nitrogens with two attached hydrogens (primary N) is 1. The molecule has 0 spiro atoms. The van der Waals surface area contributed by atoms with Gasteiger partial charge in [-0.1, -0.05) is 30.2 Å². The van der Waals surface area contributed by atoms with Gasteiger partial charge in [0.1, 0.15) is 0 Å². The summed E-state index contributed by atoms with van der Waals surface area (Å²) in [6.07, 6.45) is 3.59. The van der Waals surface area contributed by atoms with Gasteiger partial charge in [-0.2, -0.15) is 0 Å². The lowest BCUT2D eigenvalue weighted by Crippen LogP contribution is -2.48. The highest BCUT2D eigenvalue weighted by Crippen LogP contribution is 2.31. The third kappa shape index (κ3) is 2.80. The second-order valence-electron chi connectivity index (χ2n) is 5.31. The lowest BCUT2D eigenvalue weighted by atomic mass is 9.98. The van der Waals surface area contributed by atoms with Gasteiger partial charge in [0.05, 0.1) is 15.8 Å². The number of hydrogen-bond acceptors (Lipinski definition) is 4. The van der Waals surface area contributed by atoms with Gasteiger partial charge in [0.25, 0.3) is 0 Å². The molecule has 1 amide bonds. The number of carbonyl (C=O) groups excluding carboxylic acids is 1. The van der Waals surface area contributed by atoms with Crippen molar-refractivity contribution >= 4 is 45.0 Å². The summed E-state index contributed by atoms with van der Waals surface area (Å²) < 4.78 is 1.09. The van der Waals surface area contributed by atoms with Crippen molar-refractivity contribution in [2.75, 3.05) is 5.32 Å². The van der Waals surface area contributed by atoms with E-state index >= 15 is 0 Å². The van der Waals surface area contributed by atoms with Gasteiger partial charge in [-0.25, -0.2) is 4.98 Å². The third-order valence-corrected chi connectivity index (χ3v) is 4.65. The van der Waals surface area contributed by atoms with Crippen LogP contribution in [0.3, 0.4) is 0 Å². The second-order valence-corrected chi connectivity index (χ2v) is 6.34. The molecule has 1 aliphatic carbocycles. The van der Waals surface area contributed by atoms with Crippen LogP contribution in [0, 0.1) is 6.92 Å². The Kier molecular flexibility index (Phi) is 4.32. The summed E-state index contributed by atoms with van der Waals surface area (Å²) in [5.41, 5.74) is 7.55. The fourth-order valence-corrected chi connectivity index (χ4v) is 3.50. The summed E-state index contributed by atoms with van der Waals surface area (Å²) in [6.45, 7) is 2.05. The van der Waals surface area contributed by atoms with Crippen LogP contribution in [0.15, 0.2) is 18.2 Å². The number of benzene rings is 1. The number of hydrogen-bond donors (Lipinski definition) is 2. The minimum Gasteiger partial charge on any atom is -0.317 e. The molecule has 2 aromatic rings. The average molecular weight is 312 g/mol. The molecular weight excluding hydrogens is 294 g/mol. The first kappa shape index (κ1) is 15.2. The Hall–Kier alpha value is -1.17. The number of thiazole rings is 1. The van der Waals surface area contributed by atoms with E-state index in [0.29, 0.717) is 5.13 Å². The third-order valence-electron chi connectivity index (χ3n) is 3.71. The Morgan fingerprint density at radius 1 is 1.40 bits per heavy atom. The van der Waals surface area contributed by atoms with E-state index in [9.17, 15) is 4.79 Å². The Morgan fingerprint density at radius 2 is 2.10 bits per heavy atom. The van der Waals surface area contributed by atoms with Crippen molar-refractivity contribution in [3.63, 3.8) is 0 Å². The number of aromatic nitrogens is 1. The van der Waals surface area contributed by atoms with Crippen LogP contribution in [0.1, 0.15) is 31.2 Å². The van der Waals surface area contributed by atoms with E-state index in [1.54, 1.807) is 0 Å². The number of amides is 1. The van der Waals surface area contributed by atoms with Crippen LogP contribution < -0.4 is 11.1 Å². The van der Waals surface area contributed by atoms with Crippen LogP contribution in [0.2, 0.25) is 0 Å². The lowest BCUT2D eigenvalue weighted by molar-refractivity contribution is -0.120. The maximum absolute atomic E-state index is 12.2. The highest BCUT2D eigenvalue weighted by molar-refractivity contribution is 7.22. The fraction of sp³-hybridized carbons (Fsp3) is 0.429. The molecule has 1 aromatic heterocycles. The molecule has 6 heteroatoms. The molecule has 4 nitrogen and oxygen atoms in total. The van der Waals surface area contributed by atoms with Gasteiger partial charge < -0.3 is 11.1 Å². The Bertz CT molecular complexity index is 634. The zero-order valence-electron chi connectivity index (χ0n) is 11.3. The topological polar surface area (TPSA) is 68.0 Å². The van der Waals surface area contributed by atoms with E-state index in [-0.39, 0.29) is 18.3 Å². The molecular formula is C14H18ClN3OS. The predicted octanol–water partition coefficient (Wildman–Crippen LogP) is 3.24. The number of anilines is 1. The van der Waals surface area contributed by atoms with Gasteiger partial charge in [-0.15, -0.1) is 12.4 Å². The Labute approximate surface area is 128 Å². The number of nitrogens with zero attached hydrogens (tertiary/aromatic N) is 1. The van der Waals surface area contributed by atoms with Crippen molar-refractivity contribution in [2.24, 2.45) is 5.73 Å². The van der Waals surface area contributed by atoms with Crippen LogP contribution in [-0.4, -0.2) is 16.4 Å². The second kappa shape index (κ2) is 5.68. The van der Waals surface area contributed by atoms with Crippen LogP contribution >= 0.6 is 23.7 Å². The summed E-state index contributed by atoms with van der Waals surface area (Å²) in [5.74, 6) is -0.0965. The molecule has 0 saturated heterocycles. The van der Waals surface area contributed by atoms with Crippen molar-refractivity contribution in [1.82, 2.24) is 4.98 Å². The molecule has 3 N–H and O–H groups in total. The number of aryl methyl sites for hydroxylation is 1. The molecule has 0 atom stereocenters. The fourth-order valence-electron chi connectivity index (χ4n) is 2.54. The predicted molar refractivity (Wildman–Crippen MR) is 85.6 cm³/mol. The van der Waals surface area contributed by atoms with Crippen molar-refractivity contribution < 1.29 is 4.79 Å². The zero-order chi connectivity index (χ0) is 13.5. The van der Waals surface area contributed by atoms with E-state index in [1.165, 1.54) is 16.9 Å². The smallest absolute Gasteiger partial charge is 0.246 e. The molecule has 1 heterocycles. The largest absolute Gasteiger partial charge is 0.317 e. The number of halogens is 1. The van der Waals surface area contributed by atoms with Crippen LogP contribution in [0.25, 0.3) is 10.2 Å². The molecule has 3 rings (SSSR count). The summed E-state index contributed by atoms with van der Waals surface area (Å²) in [7, 11) is 0. The van der Waals surface area contributed by atoms with Gasteiger partial charge in [-0.05, 0) is 37.5 Å². The summed E-state index contributed by atoms with van der Waals surface area (Å²) >= 11 is 1.50. The van der Waals surface area contributed by atoms with Crippen molar-refractivity contribution in [3.8, 4) is 0 Å². The lowest BCUT2D eigenvalue weighted by Gasteiger charge is -2.21. The first-order valence-electron chi connectivity index (χ1n) is 6.54. The van der Waals surface area contributed by atoms with Crippen molar-refractivity contribution in [3.05, 3.63) is 23.8 Å². The molecule has 1 aliphatic rings. The number of nitrogens with one attached hydrogen (secondary N) is 1. The Morgan fingerprint density at radius 3 is 2.80 bits per heavy atom. The minimum atomic E-state index is -0.701. The van der Waals surface area contributed by atoms with E-state index in [1.807, 2.05) is 19.1 Å². The maximum atomic E-state index is 12.2. The van der Waals surface area contributed by atoms with E-state index in [0.717, 1.165) is 35.9 Å². The summed E-state index contributed by atoms with van der Waals surface area (Å²) in [6, 6.07) is 6.08. The number of fused-ring (bicyclic) bond motifs is 1. The van der Waals surface area contributed by atoms with Gasteiger partial charge >= 0.3 is 0 Å². The van der Waals surface area contributed by atoms with Crippen LogP contribution in [0.5, 0.6) is 0 Å². The molecule has 108 valence electrons. The van der Waals surface area contributed by atoms with E-state index in [4.69, 9.17) is 5.73 Å². The van der Waals surface area contributed by atoms with Gasteiger partial charge in [-0.3, -0.25) is 4.79 Å². The van der Waals surface area contributed by atoms with Gasteiger partial charge in [0, 0.05) is 0 Å². The average Bonchev–Trinajstić information content (AvgIpc) is 2.95. The standard InChI is InChI=1S/C14H17N3OS.ClH/c1-9-4-5-10-11(8-9)19-13(16-10)17-12(18)14(15)6-2-3-7-14;/h4-5,8H,2-3,6-7,15H2,1H3,(H,16,17,18);1H. The van der Waals surface area contributed by atoms with Gasteiger partial charge in [0.2, 0.25) is 5.91 Å². The summed E-state index contributed by atoms with van der Waals surface area (Å²) in [5, 5.41) is 3.52. The monoisotopic (exact) mass is 311 g/mol. The Balaban J connectivity index is 0.00000147. The minimum absolute atomic E-state index is 0. The highest BCUT2D eigenvalue weighted by atomic mass is 35.5. The highest BCUT2D eigenvalue weighted by Gasteiger charge is 2.37. The zero-order valence-corrected chi connectivity index (χ0v) is 12.9. The van der Waals surface area contributed by atoms with Crippen LogP contribution in [-0.2, 0) is 4.79 Å². The molecule has 0 bridgehead atoms. The normalized spacial score (nSPS) is 16.9. The molecule has 20 heavy (non-hydrogen) atoms.